The van der Waals surface area contributed by atoms with E-state index in [-0.39, 0.29) is 35.7 Å². The van der Waals surface area contributed by atoms with Crippen molar-refractivity contribution in [3.8, 4) is 28.7 Å². The van der Waals surface area contributed by atoms with Gasteiger partial charge in [0.05, 0.1) is 23.2 Å². The Kier molecular flexibility index (Phi) is 8.74. The van der Waals surface area contributed by atoms with E-state index in [0.29, 0.717) is 48.0 Å². The molecule has 10 nitrogen and oxygen atoms in total. The summed E-state index contributed by atoms with van der Waals surface area (Å²) in [6, 6.07) is 12.5. The number of hydrogen-bond acceptors (Lipinski definition) is 8. The lowest BCUT2D eigenvalue weighted by molar-refractivity contribution is -0.133. The predicted octanol–water partition coefficient (Wildman–Crippen LogP) is 6.26. The molecule has 0 atom stereocenters. The molecule has 1 aromatic heterocycles. The molecule has 3 aromatic carbocycles. The fourth-order valence-electron chi connectivity index (χ4n) is 6.33. The van der Waals surface area contributed by atoms with Gasteiger partial charge in [0.2, 0.25) is 17.6 Å². The van der Waals surface area contributed by atoms with Gasteiger partial charge in [-0.1, -0.05) is 6.42 Å². The lowest BCUT2D eigenvalue weighted by Crippen LogP contribution is -2.41. The van der Waals surface area contributed by atoms with Crippen LogP contribution in [0.4, 0.5) is 20.2 Å². The van der Waals surface area contributed by atoms with Crippen molar-refractivity contribution in [3.05, 3.63) is 72.4 Å². The molecule has 4 aromatic rings. The van der Waals surface area contributed by atoms with Crippen LogP contribution in [0.2, 0.25) is 0 Å². The van der Waals surface area contributed by atoms with Crippen molar-refractivity contribution in [1.82, 2.24) is 9.88 Å². The summed E-state index contributed by atoms with van der Waals surface area (Å²) < 4.78 is 53.9. The molecule has 0 bridgehead atoms. The van der Waals surface area contributed by atoms with Crippen molar-refractivity contribution < 1.29 is 37.3 Å². The number of aromatic nitrogens is 1. The number of benzene rings is 3. The van der Waals surface area contributed by atoms with Gasteiger partial charge in [0.15, 0.2) is 23.1 Å². The number of nitrogens with two attached hydrogens (primary N) is 1. The summed E-state index contributed by atoms with van der Waals surface area (Å²) in [6.45, 7) is 4.37. The second kappa shape index (κ2) is 13.3. The number of pyridine rings is 1. The molecule has 2 fully saturated rings. The van der Waals surface area contributed by atoms with Gasteiger partial charge in [0.25, 0.3) is 0 Å². The zero-order valence-corrected chi connectivity index (χ0v) is 26.4. The molecule has 2 aliphatic heterocycles. The van der Waals surface area contributed by atoms with E-state index < -0.39 is 28.9 Å². The van der Waals surface area contributed by atoms with Gasteiger partial charge >= 0.3 is 0 Å². The van der Waals surface area contributed by atoms with E-state index >= 15 is 4.39 Å². The summed E-state index contributed by atoms with van der Waals surface area (Å²) in [6.07, 6.45) is 6.74. The summed E-state index contributed by atoms with van der Waals surface area (Å²) in [4.78, 5) is 34.0. The van der Waals surface area contributed by atoms with Crippen LogP contribution in [-0.4, -0.2) is 61.2 Å². The summed E-state index contributed by atoms with van der Waals surface area (Å²) >= 11 is 0. The first-order valence-electron chi connectivity index (χ1n) is 16.3. The van der Waals surface area contributed by atoms with Crippen LogP contribution in [-0.2, 0) is 9.59 Å². The van der Waals surface area contributed by atoms with Crippen molar-refractivity contribution in [1.29, 1.82) is 0 Å². The third kappa shape index (κ3) is 6.19. The van der Waals surface area contributed by atoms with Crippen molar-refractivity contribution in [2.75, 3.05) is 44.4 Å². The van der Waals surface area contributed by atoms with E-state index in [4.69, 9.17) is 24.7 Å². The fraction of sp³-hybridized carbons (Fsp3) is 0.361. The van der Waals surface area contributed by atoms with Crippen LogP contribution in [0, 0.1) is 17.0 Å². The molecule has 1 saturated carbocycles. The van der Waals surface area contributed by atoms with Crippen molar-refractivity contribution >= 4 is 34.1 Å². The Morgan fingerprint density at radius 1 is 0.896 bits per heavy atom. The maximum atomic E-state index is 15.8. The van der Waals surface area contributed by atoms with E-state index in [0.717, 1.165) is 32.1 Å². The molecule has 3 heterocycles. The number of amides is 2. The van der Waals surface area contributed by atoms with E-state index in [1.54, 1.807) is 18.3 Å². The molecule has 1 saturated heterocycles. The Morgan fingerprint density at radius 3 is 2.33 bits per heavy atom. The number of carbonyl (C=O) groups excluding carboxylic acids is 2. The Labute approximate surface area is 276 Å². The van der Waals surface area contributed by atoms with E-state index in [9.17, 15) is 14.0 Å². The normalized spacial score (nSPS) is 16.7. The number of primary amides is 1. The average Bonchev–Trinajstić information content (AvgIpc) is 3.92. The molecule has 0 spiro atoms. The number of piperidine rings is 1. The summed E-state index contributed by atoms with van der Waals surface area (Å²) in [5.74, 6) is -1.14. The van der Waals surface area contributed by atoms with Crippen LogP contribution in [0.5, 0.6) is 28.7 Å². The van der Waals surface area contributed by atoms with Gasteiger partial charge in [-0.25, -0.2) is 8.78 Å². The average molecular weight is 659 g/mol. The van der Waals surface area contributed by atoms with Crippen molar-refractivity contribution in [2.45, 2.75) is 38.5 Å². The van der Waals surface area contributed by atoms with Gasteiger partial charge in [0.1, 0.15) is 30.2 Å². The van der Waals surface area contributed by atoms with Gasteiger partial charge in [-0.3, -0.25) is 19.5 Å². The number of rotatable bonds is 11. The highest BCUT2D eigenvalue weighted by Crippen LogP contribution is 2.50. The maximum Gasteiger partial charge on any atom is 0.247 e. The third-order valence-electron chi connectivity index (χ3n) is 9.08. The molecule has 7 rings (SSSR count). The lowest BCUT2D eigenvalue weighted by Gasteiger charge is -2.27. The molecule has 250 valence electrons. The second-order valence-corrected chi connectivity index (χ2v) is 12.3. The van der Waals surface area contributed by atoms with Crippen LogP contribution in [0.15, 0.2) is 60.8 Å². The van der Waals surface area contributed by atoms with Gasteiger partial charge in [-0.15, -0.1) is 0 Å². The van der Waals surface area contributed by atoms with Gasteiger partial charge in [-0.2, -0.15) is 0 Å². The Balaban J connectivity index is 1.16. The highest BCUT2D eigenvalue weighted by molar-refractivity contribution is 6.16. The van der Waals surface area contributed by atoms with E-state index in [2.05, 4.69) is 9.88 Å². The van der Waals surface area contributed by atoms with Crippen molar-refractivity contribution in [2.24, 2.45) is 11.1 Å². The number of halogens is 2. The highest BCUT2D eigenvalue weighted by Gasteiger charge is 2.57. The second-order valence-electron chi connectivity index (χ2n) is 12.3. The number of carbonyl (C=O) groups is 2. The van der Waals surface area contributed by atoms with E-state index in [1.165, 1.54) is 60.6 Å². The minimum atomic E-state index is -1.40. The first kappa shape index (κ1) is 31.6. The third-order valence-corrected chi connectivity index (χ3v) is 9.08. The SMILES string of the molecule is NC(=O)C1(C(=O)N(c2ccc(F)cc2)c2ccc(Oc3ccnc4cc(OCCCN5CCCCC5)c5c(c34)OCCO5)c(F)c2)CC1. The predicted molar refractivity (Wildman–Crippen MR) is 174 cm³/mol. The fourth-order valence-corrected chi connectivity index (χ4v) is 6.33. The number of likely N-dealkylation sites (tertiary alicyclic amines) is 1. The first-order chi connectivity index (χ1) is 23.3. The smallest absolute Gasteiger partial charge is 0.247 e. The molecule has 1 aliphatic carbocycles. The van der Waals surface area contributed by atoms with E-state index in [1.807, 2.05) is 0 Å². The number of ether oxygens (including phenoxy) is 4. The zero-order valence-electron chi connectivity index (χ0n) is 26.4. The van der Waals surface area contributed by atoms with Crippen LogP contribution >= 0.6 is 0 Å². The molecule has 3 aliphatic rings. The standard InChI is InChI=1S/C36H36F2N4O6/c37-23-5-7-24(8-6-23)42(35(44)36(12-13-36)34(39)43)25-9-10-28(26(38)21-25)48-29-11-14-40-27-22-30(32-33(31(27)29)47-20-19-46-32)45-18-4-17-41-15-2-1-3-16-41/h5-11,14,21-22H,1-4,12-13,15-20H2,(H2,39,43). The minimum Gasteiger partial charge on any atom is -0.489 e. The van der Waals surface area contributed by atoms with Crippen LogP contribution in [0.1, 0.15) is 38.5 Å². The lowest BCUT2D eigenvalue weighted by atomic mass is 10.0. The van der Waals surface area contributed by atoms with Gasteiger partial charge in [-0.05, 0) is 87.7 Å². The molecular formula is C36H36F2N4O6. The largest absolute Gasteiger partial charge is 0.489 e. The number of nitrogens with zero attached hydrogens (tertiary/aromatic N) is 3. The summed E-state index contributed by atoms with van der Waals surface area (Å²) in [7, 11) is 0. The summed E-state index contributed by atoms with van der Waals surface area (Å²) in [5, 5.41) is 0.497. The quantitative estimate of drug-likeness (QED) is 0.148. The Morgan fingerprint density at radius 2 is 1.62 bits per heavy atom. The number of fused-ring (bicyclic) bond motifs is 3. The Hall–Kier alpha value is -4.97. The zero-order chi connectivity index (χ0) is 33.3. The molecular weight excluding hydrogens is 622 g/mol. The minimum absolute atomic E-state index is 0.125. The topological polar surface area (TPSA) is 116 Å². The monoisotopic (exact) mass is 658 g/mol. The Bertz CT molecular complexity index is 1840. The maximum absolute atomic E-state index is 15.8. The first-order valence-corrected chi connectivity index (χ1v) is 16.3. The summed E-state index contributed by atoms with van der Waals surface area (Å²) in [5.41, 5.74) is 5.09. The molecule has 48 heavy (non-hydrogen) atoms. The molecule has 0 unspecified atom stereocenters. The molecule has 2 N–H and O–H groups in total. The highest BCUT2D eigenvalue weighted by atomic mass is 19.1. The molecule has 12 heteroatoms. The van der Waals surface area contributed by atoms with Gasteiger partial charge < -0.3 is 29.6 Å². The van der Waals surface area contributed by atoms with Crippen LogP contribution in [0.25, 0.3) is 10.9 Å². The number of hydrogen-bond donors (Lipinski definition) is 1. The molecule has 0 radical (unpaired) electrons. The number of anilines is 2. The van der Waals surface area contributed by atoms with Crippen molar-refractivity contribution in [3.63, 3.8) is 0 Å². The van der Waals surface area contributed by atoms with Gasteiger partial charge in [0, 0.05) is 30.6 Å². The molecule has 2 amide bonds. The van der Waals surface area contributed by atoms with Crippen LogP contribution in [0.3, 0.4) is 0 Å². The van der Waals surface area contributed by atoms with Crippen LogP contribution < -0.4 is 29.6 Å².